The topological polar surface area (TPSA) is 36.9 Å². The van der Waals surface area contributed by atoms with Crippen LogP contribution in [0.25, 0.3) is 0 Å². The van der Waals surface area contributed by atoms with Crippen molar-refractivity contribution in [1.29, 1.82) is 0 Å². The Balaban J connectivity index is 2.58. The molecule has 0 aliphatic heterocycles. The van der Waals surface area contributed by atoms with Gasteiger partial charge in [0.25, 0.3) is 0 Å². The Bertz CT molecular complexity index is 487. The van der Waals surface area contributed by atoms with E-state index in [4.69, 9.17) is 18.9 Å². The molecule has 0 fully saturated rings. The minimum Gasteiger partial charge on any atom is -0.491 e. The van der Waals surface area contributed by atoms with Crippen molar-refractivity contribution in [1.82, 2.24) is 0 Å². The second-order valence-electron chi connectivity index (χ2n) is 8.44. The first kappa shape index (κ1) is 24.9. The van der Waals surface area contributed by atoms with Gasteiger partial charge in [-0.2, -0.15) is 0 Å². The van der Waals surface area contributed by atoms with Gasteiger partial charge >= 0.3 is 0 Å². The quantitative estimate of drug-likeness (QED) is 0.350. The Kier molecular flexibility index (Phi) is 12.4. The Hall–Kier alpha value is -1.10. The summed E-state index contributed by atoms with van der Waals surface area (Å²) in [5.74, 6) is 1.47. The number of unbranched alkanes of at least 4 members (excludes halogenated alkanes) is 1. The molecule has 0 N–H and O–H groups in total. The maximum absolute atomic E-state index is 6.33. The monoisotopic (exact) mass is 394 g/mol. The van der Waals surface area contributed by atoms with E-state index in [1.54, 1.807) is 0 Å². The molecule has 4 nitrogen and oxygen atoms in total. The molecule has 0 bridgehead atoms. The number of ether oxygens (including phenoxy) is 4. The number of benzene rings is 1. The summed E-state index contributed by atoms with van der Waals surface area (Å²) in [5.41, 5.74) is -0.398. The number of rotatable bonds is 16. The summed E-state index contributed by atoms with van der Waals surface area (Å²) in [4.78, 5) is 0. The molecule has 0 aromatic heterocycles. The van der Waals surface area contributed by atoms with Gasteiger partial charge in [0.1, 0.15) is 18.5 Å². The van der Waals surface area contributed by atoms with Crippen molar-refractivity contribution in [3.05, 3.63) is 30.3 Å². The lowest BCUT2D eigenvalue weighted by Crippen LogP contribution is -2.40. The molecule has 0 aliphatic rings. The van der Waals surface area contributed by atoms with Gasteiger partial charge in [-0.05, 0) is 52.2 Å². The highest BCUT2D eigenvalue weighted by molar-refractivity contribution is 5.20. The van der Waals surface area contributed by atoms with Crippen LogP contribution in [0, 0.1) is 5.92 Å². The first-order valence-corrected chi connectivity index (χ1v) is 10.9. The maximum atomic E-state index is 6.33. The predicted octanol–water partition coefficient (Wildman–Crippen LogP) is 5.89. The lowest BCUT2D eigenvalue weighted by atomic mass is 10.0. The minimum absolute atomic E-state index is 0.144. The Labute approximate surface area is 172 Å². The van der Waals surface area contributed by atoms with Crippen LogP contribution in [0.1, 0.15) is 67.2 Å². The van der Waals surface area contributed by atoms with Crippen LogP contribution in [0.4, 0.5) is 0 Å². The van der Waals surface area contributed by atoms with Crippen LogP contribution in [0.15, 0.2) is 30.3 Å². The van der Waals surface area contributed by atoms with Crippen LogP contribution >= 0.6 is 0 Å². The average Bonchev–Trinajstić information content (AvgIpc) is 2.67. The molecule has 4 heteroatoms. The van der Waals surface area contributed by atoms with Gasteiger partial charge in [0.05, 0.1) is 24.9 Å². The lowest BCUT2D eigenvalue weighted by molar-refractivity contribution is -0.148. The average molecular weight is 395 g/mol. The van der Waals surface area contributed by atoms with E-state index in [1.165, 1.54) is 19.3 Å². The van der Waals surface area contributed by atoms with E-state index in [1.807, 2.05) is 44.2 Å². The molecule has 1 aromatic rings. The van der Waals surface area contributed by atoms with E-state index >= 15 is 0 Å². The van der Waals surface area contributed by atoms with Gasteiger partial charge < -0.3 is 18.9 Å². The van der Waals surface area contributed by atoms with Crippen molar-refractivity contribution in [3.63, 3.8) is 0 Å². The fourth-order valence-electron chi connectivity index (χ4n) is 2.94. The second kappa shape index (κ2) is 14.0. The second-order valence-corrected chi connectivity index (χ2v) is 8.44. The summed E-state index contributed by atoms with van der Waals surface area (Å²) in [6.07, 6.45) is 4.92. The van der Waals surface area contributed by atoms with Crippen molar-refractivity contribution in [2.24, 2.45) is 5.92 Å². The highest BCUT2D eigenvalue weighted by Gasteiger charge is 2.26. The van der Waals surface area contributed by atoms with Gasteiger partial charge in [0.2, 0.25) is 0 Å². The summed E-state index contributed by atoms with van der Waals surface area (Å²) >= 11 is 0. The van der Waals surface area contributed by atoms with Crippen molar-refractivity contribution in [3.8, 4) is 5.75 Å². The summed E-state index contributed by atoms with van der Waals surface area (Å²) in [6, 6.07) is 9.85. The summed E-state index contributed by atoms with van der Waals surface area (Å²) < 4.78 is 24.1. The molecular formula is C24H42O4. The van der Waals surface area contributed by atoms with E-state index in [-0.39, 0.29) is 12.2 Å². The smallest absolute Gasteiger partial charge is 0.119 e. The van der Waals surface area contributed by atoms with Crippen LogP contribution in [0.5, 0.6) is 5.75 Å². The molecule has 0 amide bonds. The normalized spacial score (nSPS) is 14.2. The molecule has 0 radical (unpaired) electrons. The molecule has 2 unspecified atom stereocenters. The first-order valence-electron chi connectivity index (χ1n) is 10.9. The molecule has 0 saturated carbocycles. The molecule has 0 aliphatic carbocycles. The largest absolute Gasteiger partial charge is 0.491 e. The summed E-state index contributed by atoms with van der Waals surface area (Å²) in [7, 11) is 0. The Morgan fingerprint density at radius 1 is 0.964 bits per heavy atom. The highest BCUT2D eigenvalue weighted by atomic mass is 16.6. The third-order valence-electron chi connectivity index (χ3n) is 4.63. The molecular weight excluding hydrogens is 352 g/mol. The summed E-state index contributed by atoms with van der Waals surface area (Å²) in [6.45, 7) is 15.0. The summed E-state index contributed by atoms with van der Waals surface area (Å²) in [5, 5.41) is 0. The van der Waals surface area contributed by atoms with Gasteiger partial charge in [-0.25, -0.2) is 0 Å². The van der Waals surface area contributed by atoms with Crippen LogP contribution in [-0.2, 0) is 14.2 Å². The standard InChI is InChI=1S/C24H42O4/c1-7-9-13-21(8-2)16-25-17-23(18-26-22-14-11-10-12-15-22)28-24(5,6)19-27-20(3)4/h10-12,14-15,20-21,23H,7-9,13,16-19H2,1-6H3. The molecule has 0 saturated heterocycles. The first-order chi connectivity index (χ1) is 13.4. The maximum Gasteiger partial charge on any atom is 0.119 e. The van der Waals surface area contributed by atoms with E-state index in [0.29, 0.717) is 25.7 Å². The zero-order valence-electron chi connectivity index (χ0n) is 18.9. The zero-order chi connectivity index (χ0) is 20.8. The molecule has 1 aromatic carbocycles. The van der Waals surface area contributed by atoms with Crippen molar-refractivity contribution >= 4 is 0 Å². The predicted molar refractivity (Wildman–Crippen MR) is 116 cm³/mol. The molecule has 0 spiro atoms. The molecule has 1 rings (SSSR count). The van der Waals surface area contributed by atoms with Crippen molar-refractivity contribution in [2.75, 3.05) is 26.4 Å². The van der Waals surface area contributed by atoms with Crippen LogP contribution in [0.3, 0.4) is 0 Å². The third kappa shape index (κ3) is 11.7. The Morgan fingerprint density at radius 2 is 1.68 bits per heavy atom. The van der Waals surface area contributed by atoms with Crippen molar-refractivity contribution < 1.29 is 18.9 Å². The zero-order valence-corrected chi connectivity index (χ0v) is 18.9. The van der Waals surface area contributed by atoms with E-state index < -0.39 is 5.60 Å². The molecule has 0 heterocycles. The van der Waals surface area contributed by atoms with Crippen molar-refractivity contribution in [2.45, 2.75) is 85.0 Å². The number of hydrogen-bond donors (Lipinski definition) is 0. The van der Waals surface area contributed by atoms with E-state index in [9.17, 15) is 0 Å². The van der Waals surface area contributed by atoms with Crippen LogP contribution in [-0.4, -0.2) is 44.2 Å². The van der Waals surface area contributed by atoms with E-state index in [0.717, 1.165) is 18.8 Å². The van der Waals surface area contributed by atoms with E-state index in [2.05, 4.69) is 27.7 Å². The van der Waals surface area contributed by atoms with Gasteiger partial charge in [-0.3, -0.25) is 0 Å². The van der Waals surface area contributed by atoms with Gasteiger partial charge in [-0.15, -0.1) is 0 Å². The van der Waals surface area contributed by atoms with Crippen LogP contribution in [0.2, 0.25) is 0 Å². The van der Waals surface area contributed by atoms with Gasteiger partial charge in [0.15, 0.2) is 0 Å². The third-order valence-corrected chi connectivity index (χ3v) is 4.63. The minimum atomic E-state index is -0.398. The highest BCUT2D eigenvalue weighted by Crippen LogP contribution is 2.18. The SMILES string of the molecule is CCCCC(CC)COCC(COc1ccccc1)OC(C)(C)COC(C)C. The number of para-hydroxylation sites is 1. The fraction of sp³-hybridized carbons (Fsp3) is 0.750. The molecule has 2 atom stereocenters. The molecule has 28 heavy (non-hydrogen) atoms. The van der Waals surface area contributed by atoms with Gasteiger partial charge in [-0.1, -0.05) is 51.3 Å². The van der Waals surface area contributed by atoms with Crippen LogP contribution < -0.4 is 4.74 Å². The van der Waals surface area contributed by atoms with Gasteiger partial charge in [0, 0.05) is 6.61 Å². The lowest BCUT2D eigenvalue weighted by Gasteiger charge is -2.31. The molecule has 162 valence electrons. The fourth-order valence-corrected chi connectivity index (χ4v) is 2.94. The Morgan fingerprint density at radius 3 is 2.29 bits per heavy atom. The number of hydrogen-bond acceptors (Lipinski definition) is 4.